The van der Waals surface area contributed by atoms with Crippen molar-refractivity contribution < 1.29 is 4.79 Å². The van der Waals surface area contributed by atoms with Crippen molar-refractivity contribution in [2.45, 2.75) is 50.0 Å². The summed E-state index contributed by atoms with van der Waals surface area (Å²) in [6.45, 7) is 5.50. The fourth-order valence-corrected chi connectivity index (χ4v) is 4.55. The van der Waals surface area contributed by atoms with Gasteiger partial charge in [-0.05, 0) is 43.3 Å². The number of aromatic nitrogens is 6. The zero-order valence-corrected chi connectivity index (χ0v) is 16.6. The zero-order valence-electron chi connectivity index (χ0n) is 14.9. The lowest BCUT2D eigenvalue weighted by atomic mass is 10.2. The number of amides is 1. The second-order valence-corrected chi connectivity index (χ2v) is 8.75. The van der Waals surface area contributed by atoms with Gasteiger partial charge >= 0.3 is 0 Å². The summed E-state index contributed by atoms with van der Waals surface area (Å²) in [5, 5.41) is 23.7. The molecule has 26 heavy (non-hydrogen) atoms. The lowest BCUT2D eigenvalue weighted by Crippen LogP contribution is -2.32. The van der Waals surface area contributed by atoms with E-state index in [0.29, 0.717) is 13.1 Å². The van der Waals surface area contributed by atoms with Gasteiger partial charge in [0.05, 0.1) is 6.54 Å². The average Bonchev–Trinajstić information content (AvgIpc) is 3.14. The molecule has 11 heteroatoms. The van der Waals surface area contributed by atoms with E-state index in [0.717, 1.165) is 34.0 Å². The quantitative estimate of drug-likeness (QED) is 0.523. The van der Waals surface area contributed by atoms with Crippen LogP contribution in [0.2, 0.25) is 0 Å². The van der Waals surface area contributed by atoms with Gasteiger partial charge in [0.2, 0.25) is 5.91 Å². The molecule has 0 aromatic carbocycles. The molecule has 9 nitrogen and oxygen atoms in total. The molecule has 0 bridgehead atoms. The molecule has 1 aliphatic heterocycles. The van der Waals surface area contributed by atoms with Gasteiger partial charge in [0, 0.05) is 12.3 Å². The van der Waals surface area contributed by atoms with E-state index in [1.807, 2.05) is 6.92 Å². The molecule has 142 valence electrons. The van der Waals surface area contributed by atoms with Gasteiger partial charge in [-0.1, -0.05) is 35.9 Å². The Hall–Kier alpha value is -1.59. The predicted molar refractivity (Wildman–Crippen MR) is 99.9 cm³/mol. The minimum Gasteiger partial charge on any atom is -0.354 e. The van der Waals surface area contributed by atoms with Crippen molar-refractivity contribution in [1.29, 1.82) is 0 Å². The molecule has 0 aliphatic carbocycles. The van der Waals surface area contributed by atoms with Crippen LogP contribution in [0, 0.1) is 6.92 Å². The summed E-state index contributed by atoms with van der Waals surface area (Å²) in [6, 6.07) is 0. The monoisotopic (exact) mass is 396 g/mol. The molecule has 3 heterocycles. The highest BCUT2D eigenvalue weighted by atomic mass is 32.2. The third kappa shape index (κ3) is 5.99. The Bertz CT molecular complexity index is 695. The molecule has 0 unspecified atom stereocenters. The molecular formula is C15H24N8OS2. The highest BCUT2D eigenvalue weighted by Crippen LogP contribution is 2.20. The number of carbonyl (C=O) groups excluding carboxylic acids is 1. The highest BCUT2D eigenvalue weighted by molar-refractivity contribution is 8.01. The van der Waals surface area contributed by atoms with E-state index in [4.69, 9.17) is 0 Å². The molecule has 0 radical (unpaired) electrons. The topological polar surface area (TPSA) is 102 Å². The first-order chi connectivity index (χ1) is 12.7. The fraction of sp³-hybridized carbons (Fsp3) is 0.733. The van der Waals surface area contributed by atoms with Crippen molar-refractivity contribution >= 4 is 29.0 Å². The second-order valence-electron chi connectivity index (χ2n) is 6.23. The van der Waals surface area contributed by atoms with Gasteiger partial charge < -0.3 is 5.32 Å². The minimum absolute atomic E-state index is 0.0801. The van der Waals surface area contributed by atoms with Crippen LogP contribution < -0.4 is 5.32 Å². The molecule has 2 aromatic rings. The van der Waals surface area contributed by atoms with E-state index in [1.54, 1.807) is 27.8 Å². The molecule has 2 aromatic heterocycles. The molecule has 3 rings (SSSR count). The first-order valence-electron chi connectivity index (χ1n) is 8.88. The van der Waals surface area contributed by atoms with Gasteiger partial charge in [-0.2, -0.15) is 0 Å². The lowest BCUT2D eigenvalue weighted by molar-refractivity contribution is -0.121. The van der Waals surface area contributed by atoms with Crippen LogP contribution in [-0.2, 0) is 17.9 Å². The molecule has 1 N–H and O–H groups in total. The lowest BCUT2D eigenvalue weighted by Gasteiger charge is -2.18. The number of nitrogens with one attached hydrogen (secondary N) is 1. The van der Waals surface area contributed by atoms with Crippen LogP contribution in [-0.4, -0.2) is 66.6 Å². The van der Waals surface area contributed by atoms with Gasteiger partial charge in [0.1, 0.15) is 11.6 Å². The van der Waals surface area contributed by atoms with Crippen LogP contribution >= 0.6 is 23.1 Å². The predicted octanol–water partition coefficient (Wildman–Crippen LogP) is 1.12. The van der Waals surface area contributed by atoms with E-state index < -0.39 is 0 Å². The summed E-state index contributed by atoms with van der Waals surface area (Å²) in [6.07, 6.45) is 5.01. The Morgan fingerprint density at radius 2 is 2.00 bits per heavy atom. The number of tetrazole rings is 1. The van der Waals surface area contributed by atoms with Gasteiger partial charge in [-0.3, -0.25) is 9.69 Å². The largest absolute Gasteiger partial charge is 0.354 e. The number of likely N-dealkylation sites (tertiary alicyclic amines) is 1. The van der Waals surface area contributed by atoms with Gasteiger partial charge in [-0.15, -0.1) is 15.3 Å². The summed E-state index contributed by atoms with van der Waals surface area (Å²) in [5.41, 5.74) is 0. The zero-order chi connectivity index (χ0) is 18.2. The first-order valence-corrected chi connectivity index (χ1v) is 10.7. The number of rotatable bonds is 8. The number of carbonyl (C=O) groups is 1. The maximum Gasteiger partial charge on any atom is 0.241 e. The summed E-state index contributed by atoms with van der Waals surface area (Å²) in [7, 11) is 0. The molecule has 1 amide bonds. The number of thioether (sulfide) groups is 1. The number of nitrogens with zero attached hydrogens (tertiary/aromatic N) is 7. The fourth-order valence-electron chi connectivity index (χ4n) is 2.81. The summed E-state index contributed by atoms with van der Waals surface area (Å²) < 4.78 is 2.53. The molecule has 1 aliphatic rings. The standard InChI is InChI=1S/C15H24N8OS2/c1-12-17-19-15(26-12)25-9-6-16-14(24)11-23-13(18-20-21-23)10-22-7-4-2-3-5-8-22/h2-11H2,1H3,(H,16,24). The molecule has 1 fully saturated rings. The smallest absolute Gasteiger partial charge is 0.241 e. The van der Waals surface area contributed by atoms with Crippen LogP contribution in [0.3, 0.4) is 0 Å². The van der Waals surface area contributed by atoms with Crippen molar-refractivity contribution in [3.8, 4) is 0 Å². The van der Waals surface area contributed by atoms with Crippen LogP contribution in [0.5, 0.6) is 0 Å². The van der Waals surface area contributed by atoms with E-state index in [1.165, 1.54) is 25.7 Å². The Morgan fingerprint density at radius 1 is 1.19 bits per heavy atom. The third-order valence-corrected chi connectivity index (χ3v) is 6.09. The minimum atomic E-state index is -0.0801. The molecular weight excluding hydrogens is 372 g/mol. The van der Waals surface area contributed by atoms with Crippen LogP contribution in [0.25, 0.3) is 0 Å². The maximum absolute atomic E-state index is 12.1. The molecule has 0 spiro atoms. The van der Waals surface area contributed by atoms with Crippen LogP contribution in [0.15, 0.2) is 4.34 Å². The number of aryl methyl sites for hydroxylation is 1. The summed E-state index contributed by atoms with van der Waals surface area (Å²) in [5.74, 6) is 1.43. The molecule has 0 saturated carbocycles. The second kappa shape index (κ2) is 9.93. The van der Waals surface area contributed by atoms with E-state index >= 15 is 0 Å². The van der Waals surface area contributed by atoms with Crippen LogP contribution in [0.4, 0.5) is 0 Å². The number of hydrogen-bond donors (Lipinski definition) is 1. The Labute approximate surface area is 160 Å². The Balaban J connectivity index is 1.40. The summed E-state index contributed by atoms with van der Waals surface area (Å²) >= 11 is 3.16. The van der Waals surface area contributed by atoms with E-state index in [9.17, 15) is 4.79 Å². The van der Waals surface area contributed by atoms with E-state index in [2.05, 4.69) is 35.9 Å². The Kier molecular flexibility index (Phi) is 7.32. The molecule has 1 saturated heterocycles. The normalized spacial score (nSPS) is 15.7. The first kappa shape index (κ1) is 19.2. The van der Waals surface area contributed by atoms with Crippen molar-refractivity contribution in [2.75, 3.05) is 25.4 Å². The highest BCUT2D eigenvalue weighted by Gasteiger charge is 2.15. The number of hydrogen-bond acceptors (Lipinski definition) is 9. The van der Waals surface area contributed by atoms with Gasteiger partial charge in [-0.25, -0.2) is 4.68 Å². The van der Waals surface area contributed by atoms with Gasteiger partial charge in [0.25, 0.3) is 0 Å². The third-order valence-electron chi connectivity index (χ3n) is 4.12. The average molecular weight is 397 g/mol. The van der Waals surface area contributed by atoms with Crippen LogP contribution in [0.1, 0.15) is 36.5 Å². The Morgan fingerprint density at radius 3 is 2.73 bits per heavy atom. The van der Waals surface area contributed by atoms with Crippen molar-refractivity contribution in [2.24, 2.45) is 0 Å². The molecule has 0 atom stereocenters. The summed E-state index contributed by atoms with van der Waals surface area (Å²) in [4.78, 5) is 14.5. The maximum atomic E-state index is 12.1. The van der Waals surface area contributed by atoms with Crippen molar-refractivity contribution in [3.05, 3.63) is 10.8 Å². The van der Waals surface area contributed by atoms with Gasteiger partial charge in [0.15, 0.2) is 10.2 Å². The van der Waals surface area contributed by atoms with Crippen molar-refractivity contribution in [1.82, 2.24) is 40.6 Å². The van der Waals surface area contributed by atoms with Crippen molar-refractivity contribution in [3.63, 3.8) is 0 Å². The SMILES string of the molecule is Cc1nnc(SCCNC(=O)Cn2nnnc2CN2CCCCCC2)s1. The van der Waals surface area contributed by atoms with E-state index in [-0.39, 0.29) is 12.5 Å².